The molecule has 146 valence electrons. The Hall–Kier alpha value is -2.67. The van der Waals surface area contributed by atoms with Gasteiger partial charge in [-0.3, -0.25) is 9.55 Å². The van der Waals surface area contributed by atoms with E-state index >= 15 is 0 Å². The maximum absolute atomic E-state index is 12.5. The number of benzene rings is 1. The lowest BCUT2D eigenvalue weighted by molar-refractivity contribution is 0.122. The lowest BCUT2D eigenvalue weighted by Gasteiger charge is -2.28. The van der Waals surface area contributed by atoms with E-state index in [1.807, 2.05) is 4.57 Å². The van der Waals surface area contributed by atoms with Crippen LogP contribution in [0, 0.1) is 0 Å². The smallest absolute Gasteiger partial charge is 0.329 e. The number of hydrogen-bond acceptors (Lipinski definition) is 5. The average molecular weight is 379 g/mol. The highest BCUT2D eigenvalue weighted by Gasteiger charge is 2.21. The molecule has 0 bridgehead atoms. The van der Waals surface area contributed by atoms with Crippen LogP contribution in [-0.2, 0) is 4.74 Å². The number of fused-ring (bicyclic) bond motifs is 1. The first kappa shape index (κ1) is 17.4. The first-order valence-electron chi connectivity index (χ1n) is 10.2. The summed E-state index contributed by atoms with van der Waals surface area (Å²) in [5.41, 5.74) is 4.12. The molecule has 28 heavy (non-hydrogen) atoms. The van der Waals surface area contributed by atoms with Crippen molar-refractivity contribution in [2.75, 3.05) is 31.2 Å². The Morgan fingerprint density at radius 2 is 1.79 bits per heavy atom. The van der Waals surface area contributed by atoms with Gasteiger partial charge in [-0.15, -0.1) is 0 Å². The monoisotopic (exact) mass is 379 g/mol. The van der Waals surface area contributed by atoms with Crippen molar-refractivity contribution in [3.63, 3.8) is 0 Å². The Kier molecular flexibility index (Phi) is 4.60. The number of rotatable bonds is 3. The summed E-state index contributed by atoms with van der Waals surface area (Å²) in [6, 6.07) is 8.60. The minimum atomic E-state index is -0.0956. The zero-order valence-electron chi connectivity index (χ0n) is 15.9. The highest BCUT2D eigenvalue weighted by atomic mass is 16.5. The number of anilines is 1. The zero-order chi connectivity index (χ0) is 18.9. The van der Waals surface area contributed by atoms with Gasteiger partial charge in [-0.1, -0.05) is 31.4 Å². The molecule has 1 aromatic carbocycles. The van der Waals surface area contributed by atoms with Crippen LogP contribution >= 0.6 is 0 Å². The van der Waals surface area contributed by atoms with Crippen molar-refractivity contribution in [2.45, 2.75) is 38.1 Å². The normalized spacial score (nSPS) is 18.6. The molecule has 3 heterocycles. The van der Waals surface area contributed by atoms with Gasteiger partial charge in [0.15, 0.2) is 11.3 Å². The number of nitrogens with one attached hydrogen (secondary N) is 1. The number of nitrogens with zero attached hydrogens (tertiary/aromatic N) is 4. The van der Waals surface area contributed by atoms with Crippen molar-refractivity contribution in [3.05, 3.63) is 40.9 Å². The second-order valence-electron chi connectivity index (χ2n) is 7.67. The summed E-state index contributed by atoms with van der Waals surface area (Å²) in [5.74, 6) is 0. The van der Waals surface area contributed by atoms with Gasteiger partial charge < -0.3 is 9.64 Å². The molecular formula is C21H25N5O2. The third kappa shape index (κ3) is 3.20. The van der Waals surface area contributed by atoms with Crippen molar-refractivity contribution in [1.82, 2.24) is 19.5 Å². The quantitative estimate of drug-likeness (QED) is 0.757. The molecule has 2 aliphatic rings. The Morgan fingerprint density at radius 1 is 1.04 bits per heavy atom. The van der Waals surface area contributed by atoms with E-state index in [4.69, 9.17) is 9.72 Å². The summed E-state index contributed by atoms with van der Waals surface area (Å²) in [6.45, 7) is 3.38. The van der Waals surface area contributed by atoms with E-state index < -0.39 is 0 Å². The molecule has 0 unspecified atom stereocenters. The molecule has 0 amide bonds. The summed E-state index contributed by atoms with van der Waals surface area (Å²) in [4.78, 5) is 27.0. The molecule has 1 saturated heterocycles. The molecule has 1 saturated carbocycles. The zero-order valence-corrected chi connectivity index (χ0v) is 15.9. The fourth-order valence-corrected chi connectivity index (χ4v) is 4.38. The van der Waals surface area contributed by atoms with E-state index in [-0.39, 0.29) is 11.7 Å². The van der Waals surface area contributed by atoms with Crippen molar-refractivity contribution in [3.8, 4) is 11.3 Å². The first-order valence-corrected chi connectivity index (χ1v) is 10.2. The fraction of sp³-hybridized carbons (Fsp3) is 0.476. The van der Waals surface area contributed by atoms with Gasteiger partial charge in [0.1, 0.15) is 0 Å². The second kappa shape index (κ2) is 7.39. The molecular weight excluding hydrogens is 354 g/mol. The number of imidazole rings is 1. The topological polar surface area (TPSA) is 76.0 Å². The first-order chi connectivity index (χ1) is 13.8. The standard InChI is InChI=1S/C21H25N5O2/c27-21-24-19-20(26(21)17-4-2-1-3-5-17)22-14-18(23-19)15-6-8-16(9-7-15)25-10-12-28-13-11-25/h6-9,14,17H,1-5,10-13H2,(H,23,24,27). The third-order valence-corrected chi connectivity index (χ3v) is 5.90. The largest absolute Gasteiger partial charge is 0.378 e. The molecule has 0 spiro atoms. The molecule has 0 radical (unpaired) electrons. The summed E-state index contributed by atoms with van der Waals surface area (Å²) in [5, 5.41) is 0. The van der Waals surface area contributed by atoms with E-state index in [0.717, 1.165) is 50.4 Å². The van der Waals surface area contributed by atoms with Crippen LogP contribution in [0.25, 0.3) is 22.6 Å². The molecule has 1 aliphatic heterocycles. The fourth-order valence-electron chi connectivity index (χ4n) is 4.38. The molecule has 7 nitrogen and oxygen atoms in total. The van der Waals surface area contributed by atoms with E-state index in [1.54, 1.807) is 6.20 Å². The van der Waals surface area contributed by atoms with Gasteiger partial charge in [-0.2, -0.15) is 0 Å². The average Bonchev–Trinajstić information content (AvgIpc) is 3.10. The molecule has 2 aromatic heterocycles. The van der Waals surface area contributed by atoms with Crippen molar-refractivity contribution < 1.29 is 4.74 Å². The van der Waals surface area contributed by atoms with E-state index in [2.05, 4.69) is 39.1 Å². The molecule has 2 fully saturated rings. The van der Waals surface area contributed by atoms with Crippen LogP contribution in [0.15, 0.2) is 35.3 Å². The molecule has 0 atom stereocenters. The van der Waals surface area contributed by atoms with Gasteiger partial charge in [-0.25, -0.2) is 14.8 Å². The van der Waals surface area contributed by atoms with Crippen molar-refractivity contribution >= 4 is 17.0 Å². The van der Waals surface area contributed by atoms with Crippen LogP contribution in [-0.4, -0.2) is 45.8 Å². The van der Waals surface area contributed by atoms with Crippen LogP contribution in [0.1, 0.15) is 38.1 Å². The van der Waals surface area contributed by atoms with E-state index in [9.17, 15) is 4.79 Å². The predicted octanol–water partition coefficient (Wildman–Crippen LogP) is 3.13. The Morgan fingerprint density at radius 3 is 2.54 bits per heavy atom. The van der Waals surface area contributed by atoms with Gasteiger partial charge in [0.25, 0.3) is 0 Å². The van der Waals surface area contributed by atoms with Gasteiger partial charge in [0, 0.05) is 30.4 Å². The van der Waals surface area contributed by atoms with Crippen LogP contribution in [0.4, 0.5) is 5.69 Å². The number of morpholine rings is 1. The Balaban J connectivity index is 1.44. The lowest BCUT2D eigenvalue weighted by Crippen LogP contribution is -2.36. The number of hydrogen-bond donors (Lipinski definition) is 1. The van der Waals surface area contributed by atoms with Crippen molar-refractivity contribution in [2.24, 2.45) is 0 Å². The summed E-state index contributed by atoms with van der Waals surface area (Å²) in [7, 11) is 0. The van der Waals surface area contributed by atoms with Gasteiger partial charge in [0.05, 0.1) is 25.1 Å². The minimum absolute atomic E-state index is 0.0956. The maximum atomic E-state index is 12.5. The SMILES string of the molecule is O=c1[nH]c2nc(-c3ccc(N4CCOCC4)cc3)cnc2n1C1CCCCC1. The Labute approximate surface area is 163 Å². The number of aromatic nitrogens is 4. The maximum Gasteiger partial charge on any atom is 0.329 e. The molecule has 1 N–H and O–H groups in total. The minimum Gasteiger partial charge on any atom is -0.378 e. The number of ether oxygens (including phenoxy) is 1. The summed E-state index contributed by atoms with van der Waals surface area (Å²) >= 11 is 0. The van der Waals surface area contributed by atoms with Crippen LogP contribution in [0.5, 0.6) is 0 Å². The van der Waals surface area contributed by atoms with Gasteiger partial charge >= 0.3 is 5.69 Å². The molecule has 3 aromatic rings. The molecule has 7 heteroatoms. The van der Waals surface area contributed by atoms with E-state index in [0.29, 0.717) is 11.3 Å². The third-order valence-electron chi connectivity index (χ3n) is 5.90. The second-order valence-corrected chi connectivity index (χ2v) is 7.67. The van der Waals surface area contributed by atoms with Crippen LogP contribution < -0.4 is 10.6 Å². The summed E-state index contributed by atoms with van der Waals surface area (Å²) in [6.07, 6.45) is 7.46. The lowest BCUT2D eigenvalue weighted by atomic mass is 9.95. The van der Waals surface area contributed by atoms with Gasteiger partial charge in [0.2, 0.25) is 0 Å². The highest BCUT2D eigenvalue weighted by molar-refractivity contribution is 5.71. The number of aromatic amines is 1. The van der Waals surface area contributed by atoms with Crippen LogP contribution in [0.2, 0.25) is 0 Å². The predicted molar refractivity (Wildman–Crippen MR) is 109 cm³/mol. The van der Waals surface area contributed by atoms with Gasteiger partial charge in [-0.05, 0) is 25.0 Å². The molecule has 5 rings (SSSR count). The van der Waals surface area contributed by atoms with Crippen LogP contribution in [0.3, 0.4) is 0 Å². The summed E-state index contributed by atoms with van der Waals surface area (Å²) < 4.78 is 7.23. The highest BCUT2D eigenvalue weighted by Crippen LogP contribution is 2.29. The Bertz CT molecular complexity index is 1010. The van der Waals surface area contributed by atoms with Crippen molar-refractivity contribution in [1.29, 1.82) is 0 Å². The van der Waals surface area contributed by atoms with E-state index in [1.165, 1.54) is 24.9 Å². The number of H-pyrrole nitrogens is 1. The molecule has 1 aliphatic carbocycles.